The predicted molar refractivity (Wildman–Crippen MR) is 124 cm³/mol. The van der Waals surface area contributed by atoms with Crippen LogP contribution in [0.15, 0.2) is 24.4 Å². The van der Waals surface area contributed by atoms with Crippen molar-refractivity contribution in [3.63, 3.8) is 0 Å². The summed E-state index contributed by atoms with van der Waals surface area (Å²) in [5.74, 6) is 2.42. The minimum atomic E-state index is -4.64. The lowest BCUT2D eigenvalue weighted by atomic mass is 10.1. The van der Waals surface area contributed by atoms with E-state index in [1.807, 2.05) is 30.1 Å². The first-order valence-electron chi connectivity index (χ1n) is 9.52. The Morgan fingerprint density at radius 3 is 2.48 bits per heavy atom. The molecule has 0 aliphatic rings. The number of rotatable bonds is 10. The quantitative estimate of drug-likeness (QED) is 0.307. The van der Waals surface area contributed by atoms with Gasteiger partial charge in [-0.25, -0.2) is 4.57 Å². The number of halogens is 1. The number of hydrogen-bond acceptors (Lipinski definition) is 5. The Hall–Kier alpha value is -0.860. The molecule has 1 heterocycles. The Balaban J connectivity index is 0.000000749. The number of fused-ring (bicyclic) bond motifs is 1. The second-order valence-corrected chi connectivity index (χ2v) is 9.10. The van der Waals surface area contributed by atoms with Crippen LogP contribution in [0.4, 0.5) is 5.69 Å². The van der Waals surface area contributed by atoms with E-state index in [0.717, 1.165) is 35.6 Å². The monoisotopic (exact) mass is 463 g/mol. The van der Waals surface area contributed by atoms with E-state index in [0.29, 0.717) is 0 Å². The van der Waals surface area contributed by atoms with E-state index in [-0.39, 0.29) is 0 Å². The van der Waals surface area contributed by atoms with E-state index < -0.39 is 7.82 Å². The molecule has 10 heteroatoms. The van der Waals surface area contributed by atoms with Crippen LogP contribution in [0.3, 0.4) is 0 Å². The third kappa shape index (κ3) is 11.2. The van der Waals surface area contributed by atoms with E-state index in [1.165, 1.54) is 35.7 Å². The molecule has 1 aromatic heterocycles. The smallest absolute Gasteiger partial charge is 0.384 e. The number of pyridine rings is 1. The number of benzene rings is 1. The van der Waals surface area contributed by atoms with Crippen LogP contribution in [0.5, 0.6) is 0 Å². The van der Waals surface area contributed by atoms with E-state index in [9.17, 15) is 0 Å². The van der Waals surface area contributed by atoms with Crippen molar-refractivity contribution >= 4 is 47.8 Å². The third-order valence-electron chi connectivity index (χ3n) is 4.23. The fourth-order valence-electron chi connectivity index (χ4n) is 2.72. The van der Waals surface area contributed by atoms with Crippen LogP contribution < -0.4 is 5.32 Å². The van der Waals surface area contributed by atoms with Crippen LogP contribution in [0.25, 0.3) is 10.9 Å². The molecule has 29 heavy (non-hydrogen) atoms. The highest BCUT2D eigenvalue weighted by Crippen LogP contribution is 2.27. The number of aryl methyl sites for hydroxylation is 1. The maximum absolute atomic E-state index is 8.88. The highest BCUT2D eigenvalue weighted by Gasteiger charge is 2.06. The molecule has 2 aromatic rings. The van der Waals surface area contributed by atoms with Gasteiger partial charge in [-0.1, -0.05) is 25.4 Å². The molecule has 7 nitrogen and oxygen atoms in total. The Bertz CT molecular complexity index is 794. The molecule has 1 aromatic carbocycles. The zero-order valence-electron chi connectivity index (χ0n) is 17.1. The van der Waals surface area contributed by atoms with E-state index in [2.05, 4.69) is 42.0 Å². The van der Waals surface area contributed by atoms with Crippen LogP contribution in [-0.4, -0.2) is 62.2 Å². The van der Waals surface area contributed by atoms with E-state index >= 15 is 0 Å². The number of nitrogens with one attached hydrogen (secondary N) is 1. The molecule has 0 saturated carbocycles. The number of phosphoric acid groups is 1. The third-order valence-corrected chi connectivity index (χ3v) is 5.52. The molecule has 0 fully saturated rings. The van der Waals surface area contributed by atoms with Gasteiger partial charge in [-0.2, -0.15) is 11.8 Å². The Labute approximate surface area is 182 Å². The van der Waals surface area contributed by atoms with Gasteiger partial charge in [0.15, 0.2) is 0 Å². The lowest BCUT2D eigenvalue weighted by Gasteiger charge is -2.17. The number of thioether (sulfide) groups is 1. The summed E-state index contributed by atoms with van der Waals surface area (Å²) in [5, 5.41) is 5.47. The molecule has 0 radical (unpaired) electrons. The molecule has 4 N–H and O–H groups in total. The molecule has 0 unspecified atom stereocenters. The lowest BCUT2D eigenvalue weighted by Crippen LogP contribution is -2.25. The van der Waals surface area contributed by atoms with Crippen LogP contribution in [0.2, 0.25) is 5.02 Å². The van der Waals surface area contributed by atoms with Crippen LogP contribution >= 0.6 is 31.2 Å². The van der Waals surface area contributed by atoms with Gasteiger partial charge in [-0.05, 0) is 55.9 Å². The first kappa shape index (κ1) is 26.2. The highest BCUT2D eigenvalue weighted by molar-refractivity contribution is 7.99. The van der Waals surface area contributed by atoms with Gasteiger partial charge < -0.3 is 24.9 Å². The molecular formula is C19H31ClN3O4PS. The summed E-state index contributed by atoms with van der Waals surface area (Å²) in [7, 11) is -4.64. The van der Waals surface area contributed by atoms with Gasteiger partial charge in [-0.15, -0.1) is 0 Å². The average Bonchev–Trinajstić information content (AvgIpc) is 2.64. The lowest BCUT2D eigenvalue weighted by molar-refractivity contribution is 0.275. The first-order valence-corrected chi connectivity index (χ1v) is 12.6. The minimum absolute atomic E-state index is 0.731. The number of aromatic nitrogens is 1. The second-order valence-electron chi connectivity index (χ2n) is 6.41. The SMILES string of the molecule is CCN(CC)CCSCCCNc1c(C)cnc2cc(Cl)ccc12.O=P(O)(O)O. The molecule has 0 aliphatic heterocycles. The van der Waals surface area contributed by atoms with Crippen molar-refractivity contribution in [1.82, 2.24) is 9.88 Å². The Morgan fingerprint density at radius 1 is 1.21 bits per heavy atom. The van der Waals surface area contributed by atoms with Crippen molar-refractivity contribution in [3.8, 4) is 0 Å². The van der Waals surface area contributed by atoms with Gasteiger partial charge in [0.1, 0.15) is 0 Å². The highest BCUT2D eigenvalue weighted by atomic mass is 35.5. The van der Waals surface area contributed by atoms with Crippen molar-refractivity contribution in [2.24, 2.45) is 0 Å². The van der Waals surface area contributed by atoms with Crippen LogP contribution in [0, 0.1) is 6.92 Å². The number of hydrogen-bond donors (Lipinski definition) is 4. The van der Waals surface area contributed by atoms with Crippen molar-refractivity contribution < 1.29 is 19.2 Å². The fraction of sp³-hybridized carbons (Fsp3) is 0.526. The van der Waals surface area contributed by atoms with Gasteiger partial charge in [0.25, 0.3) is 0 Å². The molecule has 0 saturated heterocycles. The second kappa shape index (κ2) is 13.4. The first-order chi connectivity index (χ1) is 13.7. The van der Waals surface area contributed by atoms with Crippen molar-refractivity contribution in [1.29, 1.82) is 0 Å². The van der Waals surface area contributed by atoms with Crippen molar-refractivity contribution in [2.45, 2.75) is 27.2 Å². The molecule has 2 rings (SSSR count). The van der Waals surface area contributed by atoms with E-state index in [4.69, 9.17) is 30.8 Å². The molecular weight excluding hydrogens is 433 g/mol. The van der Waals surface area contributed by atoms with Gasteiger partial charge in [-0.3, -0.25) is 4.98 Å². The molecule has 0 atom stereocenters. The van der Waals surface area contributed by atoms with Crippen molar-refractivity contribution in [3.05, 3.63) is 35.0 Å². The molecule has 164 valence electrons. The molecule has 0 spiro atoms. The topological polar surface area (TPSA) is 106 Å². The summed E-state index contributed by atoms with van der Waals surface area (Å²) in [6, 6.07) is 5.91. The Morgan fingerprint density at radius 2 is 1.86 bits per heavy atom. The van der Waals surface area contributed by atoms with Gasteiger partial charge >= 0.3 is 7.82 Å². The summed E-state index contributed by atoms with van der Waals surface area (Å²) in [6.45, 7) is 11.0. The van der Waals surface area contributed by atoms with Gasteiger partial charge in [0.2, 0.25) is 0 Å². The molecule has 0 amide bonds. The number of anilines is 1. The molecule has 0 aliphatic carbocycles. The fourth-order valence-corrected chi connectivity index (χ4v) is 3.83. The predicted octanol–water partition coefficient (Wildman–Crippen LogP) is 4.15. The van der Waals surface area contributed by atoms with Gasteiger partial charge in [0, 0.05) is 41.1 Å². The molecule has 0 bridgehead atoms. The summed E-state index contributed by atoms with van der Waals surface area (Å²) in [4.78, 5) is 28.5. The zero-order valence-corrected chi connectivity index (χ0v) is 19.6. The Kier molecular flexibility index (Phi) is 12.1. The van der Waals surface area contributed by atoms with Gasteiger partial charge in [0.05, 0.1) is 5.52 Å². The standard InChI is InChI=1S/C19H28ClN3S.H3O4P/c1-4-23(5-2)10-12-24-11-6-9-21-19-15(3)14-22-18-13-16(20)7-8-17(18)19;1-5(2,3)4/h7-8,13-14H,4-6,9-12H2,1-3H3,(H,21,22);(H3,1,2,3,4). The largest absolute Gasteiger partial charge is 0.466 e. The van der Waals surface area contributed by atoms with E-state index in [1.54, 1.807) is 0 Å². The summed E-state index contributed by atoms with van der Waals surface area (Å²) >= 11 is 8.11. The maximum Gasteiger partial charge on any atom is 0.466 e. The van der Waals surface area contributed by atoms with Crippen LogP contribution in [-0.2, 0) is 4.57 Å². The summed E-state index contributed by atoms with van der Waals surface area (Å²) in [5.41, 5.74) is 3.31. The zero-order chi connectivity index (χ0) is 21.9. The minimum Gasteiger partial charge on any atom is -0.384 e. The van der Waals surface area contributed by atoms with Crippen LogP contribution in [0.1, 0.15) is 25.8 Å². The maximum atomic E-state index is 8.88. The summed E-state index contributed by atoms with van der Waals surface area (Å²) < 4.78 is 8.88. The van der Waals surface area contributed by atoms with Crippen molar-refractivity contribution in [2.75, 3.05) is 43.0 Å². The number of nitrogens with zero attached hydrogens (tertiary/aromatic N) is 2. The average molecular weight is 464 g/mol. The normalized spacial score (nSPS) is 11.4. The summed E-state index contributed by atoms with van der Waals surface area (Å²) in [6.07, 6.45) is 3.08.